The minimum atomic E-state index is 0. The topological polar surface area (TPSA) is 36.9 Å². The maximum absolute atomic E-state index is 5.91. The Morgan fingerprint density at radius 1 is 1.41 bits per heavy atom. The molecule has 0 radical (unpaired) electrons. The minimum Gasteiger partial charge on any atom is -0.378 e. The molecule has 4 nitrogen and oxygen atoms in total. The van der Waals surface area contributed by atoms with Gasteiger partial charge in [0.1, 0.15) is 0 Å². The zero-order valence-corrected chi connectivity index (χ0v) is 16.3. The zero-order chi connectivity index (χ0) is 15.1. The maximum atomic E-state index is 5.91. The van der Waals surface area contributed by atoms with Crippen LogP contribution in [0.1, 0.15) is 24.8 Å². The Morgan fingerprint density at radius 2 is 2.14 bits per heavy atom. The van der Waals surface area contributed by atoms with Crippen LogP contribution in [-0.2, 0) is 11.3 Å². The van der Waals surface area contributed by atoms with Crippen LogP contribution in [0.3, 0.4) is 0 Å². The monoisotopic (exact) mass is 437 g/mol. The molecule has 1 aliphatic rings. The highest BCUT2D eigenvalue weighted by Crippen LogP contribution is 2.14. The Balaban J connectivity index is 0.00000242. The Bertz CT molecular complexity index is 461. The van der Waals surface area contributed by atoms with Crippen molar-refractivity contribution in [2.24, 2.45) is 4.99 Å². The summed E-state index contributed by atoms with van der Waals surface area (Å²) in [6, 6.07) is 7.91. The van der Waals surface area contributed by atoms with E-state index in [9.17, 15) is 0 Å². The molecule has 0 bridgehead atoms. The van der Waals surface area contributed by atoms with Gasteiger partial charge < -0.3 is 15.0 Å². The van der Waals surface area contributed by atoms with Gasteiger partial charge in [0.15, 0.2) is 5.96 Å². The number of nitrogens with one attached hydrogen (secondary N) is 1. The van der Waals surface area contributed by atoms with E-state index in [1.807, 2.05) is 38.4 Å². The summed E-state index contributed by atoms with van der Waals surface area (Å²) in [5.74, 6) is 0.906. The fourth-order valence-corrected chi connectivity index (χ4v) is 2.67. The maximum Gasteiger partial charge on any atom is 0.193 e. The largest absolute Gasteiger partial charge is 0.378 e. The zero-order valence-electron chi connectivity index (χ0n) is 13.2. The Morgan fingerprint density at radius 3 is 2.73 bits per heavy atom. The van der Waals surface area contributed by atoms with E-state index in [2.05, 4.69) is 15.2 Å². The molecule has 1 heterocycles. The van der Waals surface area contributed by atoms with Gasteiger partial charge in [-0.3, -0.25) is 4.99 Å². The van der Waals surface area contributed by atoms with E-state index in [1.165, 1.54) is 18.4 Å². The summed E-state index contributed by atoms with van der Waals surface area (Å²) in [5.41, 5.74) is 1.21. The van der Waals surface area contributed by atoms with E-state index >= 15 is 0 Å². The minimum absolute atomic E-state index is 0. The molecule has 1 aliphatic heterocycles. The molecule has 1 aromatic carbocycles. The fourth-order valence-electron chi connectivity index (χ4n) is 2.54. The van der Waals surface area contributed by atoms with Gasteiger partial charge >= 0.3 is 0 Å². The summed E-state index contributed by atoms with van der Waals surface area (Å²) in [7, 11) is 3.85. The fraction of sp³-hybridized carbons (Fsp3) is 0.562. The summed E-state index contributed by atoms with van der Waals surface area (Å²) in [6.07, 6.45) is 3.82. The smallest absolute Gasteiger partial charge is 0.193 e. The van der Waals surface area contributed by atoms with Crippen LogP contribution in [0.4, 0.5) is 0 Å². The van der Waals surface area contributed by atoms with Gasteiger partial charge in [0.25, 0.3) is 0 Å². The molecule has 1 saturated heterocycles. The quantitative estimate of drug-likeness (QED) is 0.435. The molecule has 0 aliphatic carbocycles. The SMILES string of the molecule is CN=C(NCCC1CCCO1)N(C)Cc1ccc(Cl)cc1.I. The van der Waals surface area contributed by atoms with Crippen molar-refractivity contribution in [2.45, 2.75) is 31.9 Å². The molecule has 1 fully saturated rings. The van der Waals surface area contributed by atoms with Gasteiger partial charge in [0, 0.05) is 38.8 Å². The molecular weight excluding hydrogens is 413 g/mol. The van der Waals surface area contributed by atoms with Gasteiger partial charge in [-0.05, 0) is 37.0 Å². The number of halogens is 2. The third kappa shape index (κ3) is 6.30. The molecule has 0 spiro atoms. The summed E-state index contributed by atoms with van der Waals surface area (Å²) in [4.78, 5) is 6.44. The van der Waals surface area contributed by atoms with Crippen molar-refractivity contribution in [2.75, 3.05) is 27.2 Å². The van der Waals surface area contributed by atoms with Gasteiger partial charge in [-0.25, -0.2) is 0 Å². The van der Waals surface area contributed by atoms with Gasteiger partial charge in [-0.1, -0.05) is 23.7 Å². The van der Waals surface area contributed by atoms with E-state index in [-0.39, 0.29) is 24.0 Å². The first-order valence-corrected chi connectivity index (χ1v) is 7.84. The van der Waals surface area contributed by atoms with Crippen LogP contribution in [0.15, 0.2) is 29.3 Å². The van der Waals surface area contributed by atoms with Gasteiger partial charge in [0.2, 0.25) is 0 Å². The van der Waals surface area contributed by atoms with Crippen molar-refractivity contribution in [1.82, 2.24) is 10.2 Å². The van der Waals surface area contributed by atoms with E-state index < -0.39 is 0 Å². The molecule has 124 valence electrons. The lowest BCUT2D eigenvalue weighted by Gasteiger charge is -2.22. The van der Waals surface area contributed by atoms with Gasteiger partial charge in [-0.15, -0.1) is 24.0 Å². The van der Waals surface area contributed by atoms with Gasteiger partial charge in [-0.2, -0.15) is 0 Å². The lowest BCUT2D eigenvalue weighted by molar-refractivity contribution is 0.105. The first-order chi connectivity index (χ1) is 10.2. The van der Waals surface area contributed by atoms with Crippen LogP contribution in [0.5, 0.6) is 0 Å². The summed E-state index contributed by atoms with van der Waals surface area (Å²) >= 11 is 5.91. The number of hydrogen-bond donors (Lipinski definition) is 1. The first-order valence-electron chi connectivity index (χ1n) is 7.47. The number of nitrogens with zero attached hydrogens (tertiary/aromatic N) is 2. The molecular formula is C16H25ClIN3O. The number of rotatable bonds is 5. The predicted molar refractivity (Wildman–Crippen MR) is 103 cm³/mol. The van der Waals surface area contributed by atoms with Crippen molar-refractivity contribution >= 4 is 41.5 Å². The first kappa shape index (κ1) is 19.5. The molecule has 0 amide bonds. The van der Waals surface area contributed by atoms with Crippen LogP contribution in [0.2, 0.25) is 5.02 Å². The molecule has 1 N–H and O–H groups in total. The third-order valence-corrected chi connectivity index (χ3v) is 3.93. The lowest BCUT2D eigenvalue weighted by atomic mass is 10.2. The molecule has 6 heteroatoms. The standard InChI is InChI=1S/C16H24ClN3O.HI/c1-18-16(19-10-9-15-4-3-11-21-15)20(2)12-13-5-7-14(17)8-6-13;/h5-8,15H,3-4,9-12H2,1-2H3,(H,18,19);1H. The highest BCUT2D eigenvalue weighted by atomic mass is 127. The number of ether oxygens (including phenoxy) is 1. The second-order valence-electron chi connectivity index (χ2n) is 5.38. The van der Waals surface area contributed by atoms with Crippen molar-refractivity contribution in [1.29, 1.82) is 0 Å². The Labute approximate surface area is 155 Å². The summed E-state index contributed by atoms with van der Waals surface area (Å²) in [5, 5.41) is 4.16. The van der Waals surface area contributed by atoms with Gasteiger partial charge in [0.05, 0.1) is 6.10 Å². The summed E-state index contributed by atoms with van der Waals surface area (Å²) < 4.78 is 5.63. The summed E-state index contributed by atoms with van der Waals surface area (Å²) in [6.45, 7) is 2.61. The van der Waals surface area contributed by atoms with Crippen LogP contribution < -0.4 is 5.32 Å². The second kappa shape index (κ2) is 10.3. The average Bonchev–Trinajstić information content (AvgIpc) is 2.99. The van der Waals surface area contributed by atoms with E-state index in [0.29, 0.717) is 6.10 Å². The number of hydrogen-bond acceptors (Lipinski definition) is 2. The molecule has 1 unspecified atom stereocenters. The third-order valence-electron chi connectivity index (χ3n) is 3.68. The van der Waals surface area contributed by atoms with Crippen molar-refractivity contribution in [3.05, 3.63) is 34.9 Å². The van der Waals surface area contributed by atoms with Crippen molar-refractivity contribution in [3.8, 4) is 0 Å². The molecule has 1 aromatic rings. The lowest BCUT2D eigenvalue weighted by Crippen LogP contribution is -2.39. The highest BCUT2D eigenvalue weighted by Gasteiger charge is 2.15. The number of aliphatic imine (C=N–C) groups is 1. The van der Waals surface area contributed by atoms with Crippen LogP contribution in [0.25, 0.3) is 0 Å². The van der Waals surface area contributed by atoms with Crippen LogP contribution >= 0.6 is 35.6 Å². The molecule has 0 saturated carbocycles. The number of benzene rings is 1. The molecule has 1 atom stereocenters. The van der Waals surface area contributed by atoms with Crippen molar-refractivity contribution in [3.63, 3.8) is 0 Å². The number of guanidine groups is 1. The van der Waals surface area contributed by atoms with E-state index in [1.54, 1.807) is 0 Å². The van der Waals surface area contributed by atoms with Crippen molar-refractivity contribution < 1.29 is 4.74 Å². The normalized spacial score (nSPS) is 18.0. The highest BCUT2D eigenvalue weighted by molar-refractivity contribution is 14.0. The van der Waals surface area contributed by atoms with E-state index in [4.69, 9.17) is 16.3 Å². The molecule has 2 rings (SSSR count). The Kier molecular flexibility index (Phi) is 9.12. The second-order valence-corrected chi connectivity index (χ2v) is 5.82. The predicted octanol–water partition coefficient (Wildman–Crippen LogP) is 3.53. The van der Waals surface area contributed by atoms with Crippen LogP contribution in [-0.4, -0.2) is 44.2 Å². The average molecular weight is 438 g/mol. The van der Waals surface area contributed by atoms with Crippen LogP contribution in [0, 0.1) is 0 Å². The Hall–Kier alpha value is -0.530. The van der Waals surface area contributed by atoms with E-state index in [0.717, 1.165) is 37.1 Å². The molecule has 22 heavy (non-hydrogen) atoms. The molecule has 0 aromatic heterocycles.